The van der Waals surface area contributed by atoms with E-state index in [2.05, 4.69) is 0 Å². The lowest BCUT2D eigenvalue weighted by atomic mass is 9.86. The molecule has 0 bridgehead atoms. The van der Waals surface area contributed by atoms with E-state index in [1.165, 1.54) is 13.8 Å². The predicted octanol–water partition coefficient (Wildman–Crippen LogP) is -0.0672. The lowest BCUT2D eigenvalue weighted by molar-refractivity contribution is -0.173. The lowest BCUT2D eigenvalue weighted by Gasteiger charge is -2.25. The zero-order chi connectivity index (χ0) is 9.94. The standard InChI is InChI=1S/C7H12O5/c1-3-7(12,6(10)11)4(2)5(8)9/h4,12H,3H2,1-2H3,(H,8,9)(H,10,11). The van der Waals surface area contributed by atoms with E-state index >= 15 is 0 Å². The smallest absolute Gasteiger partial charge is 0.336 e. The molecule has 0 fully saturated rings. The number of carboxylic acids is 2. The molecule has 0 spiro atoms. The van der Waals surface area contributed by atoms with E-state index in [9.17, 15) is 14.7 Å². The van der Waals surface area contributed by atoms with E-state index in [4.69, 9.17) is 10.2 Å². The van der Waals surface area contributed by atoms with Crippen LogP contribution in [0.3, 0.4) is 0 Å². The molecule has 5 heteroatoms. The fourth-order valence-corrected chi connectivity index (χ4v) is 0.847. The molecule has 0 amide bonds. The Kier molecular flexibility index (Phi) is 3.21. The molecule has 0 aromatic rings. The van der Waals surface area contributed by atoms with Crippen molar-refractivity contribution < 1.29 is 24.9 Å². The Morgan fingerprint density at radius 3 is 1.92 bits per heavy atom. The number of carbonyl (C=O) groups is 2. The zero-order valence-corrected chi connectivity index (χ0v) is 6.94. The molecule has 5 nitrogen and oxygen atoms in total. The summed E-state index contributed by atoms with van der Waals surface area (Å²) >= 11 is 0. The van der Waals surface area contributed by atoms with Gasteiger partial charge >= 0.3 is 11.9 Å². The van der Waals surface area contributed by atoms with Crippen molar-refractivity contribution in [3.05, 3.63) is 0 Å². The van der Waals surface area contributed by atoms with Gasteiger partial charge in [-0.3, -0.25) is 4.79 Å². The van der Waals surface area contributed by atoms with Gasteiger partial charge in [0, 0.05) is 0 Å². The molecule has 2 atom stereocenters. The van der Waals surface area contributed by atoms with Gasteiger partial charge in [0.25, 0.3) is 0 Å². The van der Waals surface area contributed by atoms with Crippen molar-refractivity contribution in [1.82, 2.24) is 0 Å². The summed E-state index contributed by atoms with van der Waals surface area (Å²) in [5.41, 5.74) is -2.16. The molecule has 0 radical (unpaired) electrons. The van der Waals surface area contributed by atoms with Gasteiger partial charge in [-0.1, -0.05) is 6.92 Å². The van der Waals surface area contributed by atoms with Crippen LogP contribution in [0.25, 0.3) is 0 Å². The van der Waals surface area contributed by atoms with Crippen molar-refractivity contribution in [3.8, 4) is 0 Å². The van der Waals surface area contributed by atoms with Crippen LogP contribution in [-0.4, -0.2) is 32.9 Å². The molecule has 0 saturated carbocycles. The van der Waals surface area contributed by atoms with E-state index < -0.39 is 23.5 Å². The van der Waals surface area contributed by atoms with Gasteiger partial charge in [0.05, 0.1) is 5.92 Å². The fraction of sp³-hybridized carbons (Fsp3) is 0.714. The Morgan fingerprint density at radius 2 is 1.83 bits per heavy atom. The number of aliphatic carboxylic acids is 2. The van der Waals surface area contributed by atoms with E-state index in [1.54, 1.807) is 0 Å². The van der Waals surface area contributed by atoms with Gasteiger partial charge in [-0.25, -0.2) is 4.79 Å². The molecule has 0 saturated heterocycles. The average molecular weight is 176 g/mol. The minimum absolute atomic E-state index is 0.129. The van der Waals surface area contributed by atoms with Gasteiger partial charge in [0.2, 0.25) is 0 Å². The van der Waals surface area contributed by atoms with Gasteiger partial charge in [0.15, 0.2) is 5.60 Å². The second-order valence-corrected chi connectivity index (χ2v) is 2.64. The largest absolute Gasteiger partial charge is 0.481 e. The maximum absolute atomic E-state index is 10.5. The highest BCUT2D eigenvalue weighted by atomic mass is 16.4. The van der Waals surface area contributed by atoms with E-state index in [0.29, 0.717) is 0 Å². The molecule has 0 aliphatic heterocycles. The van der Waals surface area contributed by atoms with Crippen LogP contribution in [0.1, 0.15) is 20.3 Å². The summed E-state index contributed by atoms with van der Waals surface area (Å²) in [4.78, 5) is 20.9. The van der Waals surface area contributed by atoms with Crippen LogP contribution < -0.4 is 0 Å². The first-order valence-corrected chi connectivity index (χ1v) is 3.54. The SMILES string of the molecule is CCC(O)(C(=O)O)C(C)C(=O)O. The molecule has 0 rings (SSSR count). The summed E-state index contributed by atoms with van der Waals surface area (Å²) < 4.78 is 0. The number of rotatable bonds is 4. The van der Waals surface area contributed by atoms with Crippen molar-refractivity contribution in [2.45, 2.75) is 25.9 Å². The van der Waals surface area contributed by atoms with Crippen LogP contribution in [0.2, 0.25) is 0 Å². The van der Waals surface area contributed by atoms with Crippen LogP contribution in [0.4, 0.5) is 0 Å². The molecular weight excluding hydrogens is 164 g/mol. The third kappa shape index (κ3) is 1.73. The number of hydrogen-bond acceptors (Lipinski definition) is 3. The molecule has 0 aromatic heterocycles. The molecular formula is C7H12O5. The molecule has 0 heterocycles. The quantitative estimate of drug-likeness (QED) is 0.557. The molecule has 0 aromatic carbocycles. The monoisotopic (exact) mass is 176 g/mol. The highest BCUT2D eigenvalue weighted by molar-refractivity contribution is 5.85. The molecule has 70 valence electrons. The van der Waals surface area contributed by atoms with Crippen LogP contribution in [0, 0.1) is 5.92 Å². The average Bonchev–Trinajstić information content (AvgIpc) is 2.01. The summed E-state index contributed by atoms with van der Waals surface area (Å²) in [6.07, 6.45) is -0.129. The van der Waals surface area contributed by atoms with Crippen molar-refractivity contribution >= 4 is 11.9 Å². The van der Waals surface area contributed by atoms with Gasteiger partial charge in [-0.05, 0) is 13.3 Å². The topological polar surface area (TPSA) is 94.8 Å². The van der Waals surface area contributed by atoms with Gasteiger partial charge in [-0.2, -0.15) is 0 Å². The fourth-order valence-electron chi connectivity index (χ4n) is 0.847. The third-order valence-corrected chi connectivity index (χ3v) is 2.00. The second-order valence-electron chi connectivity index (χ2n) is 2.64. The van der Waals surface area contributed by atoms with Crippen molar-refractivity contribution in [3.63, 3.8) is 0 Å². The Morgan fingerprint density at radius 1 is 1.42 bits per heavy atom. The Bertz CT molecular complexity index is 200. The third-order valence-electron chi connectivity index (χ3n) is 2.00. The van der Waals surface area contributed by atoms with Gasteiger partial charge < -0.3 is 15.3 Å². The maximum Gasteiger partial charge on any atom is 0.336 e. The van der Waals surface area contributed by atoms with E-state index in [0.717, 1.165) is 0 Å². The first-order valence-electron chi connectivity index (χ1n) is 3.54. The van der Waals surface area contributed by atoms with E-state index in [-0.39, 0.29) is 6.42 Å². The van der Waals surface area contributed by atoms with Gasteiger partial charge in [-0.15, -0.1) is 0 Å². The van der Waals surface area contributed by atoms with Crippen LogP contribution in [-0.2, 0) is 9.59 Å². The molecule has 0 aliphatic carbocycles. The number of carboxylic acid groups (broad SMARTS) is 2. The first kappa shape index (κ1) is 10.9. The summed E-state index contributed by atoms with van der Waals surface area (Å²) in [6.45, 7) is 2.59. The molecule has 2 unspecified atom stereocenters. The molecule has 3 N–H and O–H groups in total. The highest BCUT2D eigenvalue weighted by Gasteiger charge is 2.43. The zero-order valence-electron chi connectivity index (χ0n) is 6.94. The van der Waals surface area contributed by atoms with Crippen LogP contribution >= 0.6 is 0 Å². The summed E-state index contributed by atoms with van der Waals surface area (Å²) in [5.74, 6) is -4.12. The minimum atomic E-state index is -2.16. The summed E-state index contributed by atoms with van der Waals surface area (Å²) in [6, 6.07) is 0. The molecule has 0 aliphatic rings. The van der Waals surface area contributed by atoms with E-state index in [1.807, 2.05) is 0 Å². The normalized spacial score (nSPS) is 17.9. The number of hydrogen-bond donors (Lipinski definition) is 3. The summed E-state index contributed by atoms with van der Waals surface area (Å²) in [5, 5.41) is 26.4. The Balaban J connectivity index is 4.75. The maximum atomic E-state index is 10.5. The number of aliphatic hydroxyl groups is 1. The van der Waals surface area contributed by atoms with Gasteiger partial charge in [0.1, 0.15) is 0 Å². The predicted molar refractivity (Wildman–Crippen MR) is 39.7 cm³/mol. The van der Waals surface area contributed by atoms with Crippen molar-refractivity contribution in [1.29, 1.82) is 0 Å². The second kappa shape index (κ2) is 3.53. The first-order chi connectivity index (χ1) is 5.36. The molecule has 12 heavy (non-hydrogen) atoms. The van der Waals surface area contributed by atoms with Crippen LogP contribution in [0.15, 0.2) is 0 Å². The van der Waals surface area contributed by atoms with Crippen molar-refractivity contribution in [2.24, 2.45) is 5.92 Å². The van der Waals surface area contributed by atoms with Crippen LogP contribution in [0.5, 0.6) is 0 Å². The Labute approximate surface area is 69.6 Å². The highest BCUT2D eigenvalue weighted by Crippen LogP contribution is 2.21. The Hall–Kier alpha value is -1.10. The summed E-state index contributed by atoms with van der Waals surface area (Å²) in [7, 11) is 0. The minimum Gasteiger partial charge on any atom is -0.481 e. The van der Waals surface area contributed by atoms with Crippen molar-refractivity contribution in [2.75, 3.05) is 0 Å². The lowest BCUT2D eigenvalue weighted by Crippen LogP contribution is -2.47.